The Morgan fingerprint density at radius 1 is 1.42 bits per heavy atom. The maximum atomic E-state index is 11.6. The van der Waals surface area contributed by atoms with Crippen LogP contribution in [0.3, 0.4) is 0 Å². The van der Waals surface area contributed by atoms with E-state index in [0.717, 1.165) is 6.26 Å². The molecule has 0 aliphatic carbocycles. The summed E-state index contributed by atoms with van der Waals surface area (Å²) in [6, 6.07) is -0.493. The van der Waals surface area contributed by atoms with E-state index in [4.69, 9.17) is 4.74 Å². The van der Waals surface area contributed by atoms with E-state index >= 15 is 0 Å². The van der Waals surface area contributed by atoms with Gasteiger partial charge in [0.15, 0.2) is 0 Å². The Kier molecular flexibility index (Phi) is 4.81. The molecule has 0 bridgehead atoms. The molecule has 1 fully saturated rings. The van der Waals surface area contributed by atoms with Crippen LogP contribution in [-0.4, -0.2) is 61.0 Å². The summed E-state index contributed by atoms with van der Waals surface area (Å²) in [5.41, 5.74) is -0.609. The van der Waals surface area contributed by atoms with Gasteiger partial charge < -0.3 is 15.2 Å². The number of aliphatic hydroxyl groups is 1. The minimum Gasteiger partial charge on any atom is -0.444 e. The molecule has 0 aromatic heterocycles. The first-order chi connectivity index (χ1) is 8.49. The van der Waals surface area contributed by atoms with Crippen LogP contribution in [0.5, 0.6) is 0 Å². The van der Waals surface area contributed by atoms with Gasteiger partial charge in [0, 0.05) is 13.1 Å². The predicted octanol–water partition coefficient (Wildman–Crippen LogP) is -0.0941. The van der Waals surface area contributed by atoms with Crippen molar-refractivity contribution in [2.45, 2.75) is 44.9 Å². The first kappa shape index (κ1) is 16.2. The largest absolute Gasteiger partial charge is 0.444 e. The van der Waals surface area contributed by atoms with Crippen LogP contribution >= 0.6 is 0 Å². The summed E-state index contributed by atoms with van der Waals surface area (Å²) < 4.78 is 29.0. The zero-order valence-electron chi connectivity index (χ0n) is 11.7. The van der Waals surface area contributed by atoms with E-state index in [1.165, 1.54) is 4.31 Å². The van der Waals surface area contributed by atoms with E-state index in [0.29, 0.717) is 6.42 Å². The van der Waals surface area contributed by atoms with Gasteiger partial charge in [-0.2, -0.15) is 4.31 Å². The lowest BCUT2D eigenvalue weighted by molar-refractivity contribution is 0.0323. The lowest BCUT2D eigenvalue weighted by atomic mass is 10.0. The highest BCUT2D eigenvalue weighted by atomic mass is 32.2. The molecule has 2 atom stereocenters. The Morgan fingerprint density at radius 3 is 2.42 bits per heavy atom. The lowest BCUT2D eigenvalue weighted by Gasteiger charge is -2.35. The normalized spacial score (nSPS) is 25.9. The van der Waals surface area contributed by atoms with E-state index < -0.39 is 33.9 Å². The number of carbonyl (C=O) groups excluding carboxylic acids is 1. The number of piperidine rings is 1. The monoisotopic (exact) mass is 294 g/mol. The zero-order chi connectivity index (χ0) is 14.8. The Balaban J connectivity index is 2.53. The second-order valence-electron chi connectivity index (χ2n) is 5.73. The molecule has 1 heterocycles. The molecule has 0 aromatic rings. The Bertz CT molecular complexity index is 429. The van der Waals surface area contributed by atoms with Gasteiger partial charge in [-0.15, -0.1) is 0 Å². The third-order valence-corrected chi connectivity index (χ3v) is 3.99. The van der Waals surface area contributed by atoms with Crippen LogP contribution in [0.15, 0.2) is 0 Å². The van der Waals surface area contributed by atoms with Crippen molar-refractivity contribution >= 4 is 16.1 Å². The molecule has 0 saturated carbocycles. The summed E-state index contributed by atoms with van der Waals surface area (Å²) >= 11 is 0. The molecule has 1 saturated heterocycles. The van der Waals surface area contributed by atoms with Gasteiger partial charge in [0.25, 0.3) is 0 Å². The smallest absolute Gasteiger partial charge is 0.407 e. The number of hydrogen-bond donors (Lipinski definition) is 2. The molecule has 1 aliphatic rings. The first-order valence-corrected chi connectivity index (χ1v) is 7.96. The average molecular weight is 294 g/mol. The molecular weight excluding hydrogens is 272 g/mol. The van der Waals surface area contributed by atoms with Crippen LogP contribution in [0.4, 0.5) is 4.79 Å². The highest BCUT2D eigenvalue weighted by molar-refractivity contribution is 7.88. The summed E-state index contributed by atoms with van der Waals surface area (Å²) in [6.45, 7) is 5.50. The Morgan fingerprint density at radius 2 is 2.00 bits per heavy atom. The molecule has 0 aromatic carbocycles. The predicted molar refractivity (Wildman–Crippen MR) is 70.2 cm³/mol. The topological polar surface area (TPSA) is 95.9 Å². The molecule has 8 heteroatoms. The number of rotatable bonds is 2. The maximum absolute atomic E-state index is 11.6. The van der Waals surface area contributed by atoms with Gasteiger partial charge in [-0.05, 0) is 27.2 Å². The molecule has 0 spiro atoms. The molecule has 1 aliphatic heterocycles. The fraction of sp³-hybridized carbons (Fsp3) is 0.909. The average Bonchev–Trinajstić information content (AvgIpc) is 2.16. The minimum atomic E-state index is -3.31. The van der Waals surface area contributed by atoms with Crippen LogP contribution in [-0.2, 0) is 14.8 Å². The van der Waals surface area contributed by atoms with Crippen molar-refractivity contribution < 1.29 is 23.1 Å². The number of carbonyl (C=O) groups is 1. The third kappa shape index (κ3) is 5.33. The van der Waals surface area contributed by atoms with Crippen molar-refractivity contribution in [3.63, 3.8) is 0 Å². The summed E-state index contributed by atoms with van der Waals surface area (Å²) in [6.07, 6.45) is -0.0881. The Labute approximate surface area is 114 Å². The molecule has 19 heavy (non-hydrogen) atoms. The van der Waals surface area contributed by atoms with Crippen molar-refractivity contribution in [1.82, 2.24) is 9.62 Å². The van der Waals surface area contributed by atoms with Crippen LogP contribution in [0, 0.1) is 0 Å². The molecule has 1 rings (SSSR count). The SMILES string of the molecule is CC(C)(C)OC(=O)N[C@H]1CCN(S(C)(=O)=O)C[C@@H]1O. The first-order valence-electron chi connectivity index (χ1n) is 6.12. The number of nitrogens with one attached hydrogen (secondary N) is 1. The fourth-order valence-corrected chi connectivity index (χ4v) is 2.69. The lowest BCUT2D eigenvalue weighted by Crippen LogP contribution is -2.55. The number of amides is 1. The highest BCUT2D eigenvalue weighted by Crippen LogP contribution is 2.15. The van der Waals surface area contributed by atoms with Crippen LogP contribution in [0.1, 0.15) is 27.2 Å². The number of β-amino-alcohol motifs (C(OH)–C–C–N with tert-alkyl or cyclic N) is 1. The van der Waals surface area contributed by atoms with Gasteiger partial charge >= 0.3 is 6.09 Å². The van der Waals surface area contributed by atoms with Crippen molar-refractivity contribution in [1.29, 1.82) is 0 Å². The van der Waals surface area contributed by atoms with E-state index in [-0.39, 0.29) is 13.1 Å². The number of alkyl carbamates (subject to hydrolysis) is 1. The van der Waals surface area contributed by atoms with Gasteiger partial charge in [0.1, 0.15) is 5.60 Å². The molecule has 1 amide bonds. The summed E-state index contributed by atoms with van der Waals surface area (Å²) in [5.74, 6) is 0. The zero-order valence-corrected chi connectivity index (χ0v) is 12.5. The number of hydrogen-bond acceptors (Lipinski definition) is 5. The fourth-order valence-electron chi connectivity index (χ4n) is 1.83. The number of sulfonamides is 1. The van der Waals surface area contributed by atoms with Gasteiger partial charge in [-0.3, -0.25) is 0 Å². The summed E-state index contributed by atoms with van der Waals surface area (Å²) in [4.78, 5) is 11.6. The van der Waals surface area contributed by atoms with Crippen LogP contribution in [0.2, 0.25) is 0 Å². The standard InChI is InChI=1S/C11H22N2O5S/c1-11(2,3)18-10(15)12-8-5-6-13(7-9(8)14)19(4,16)17/h8-9,14H,5-7H2,1-4H3,(H,12,15)/t8-,9-/m0/s1. The van der Waals surface area contributed by atoms with Crippen molar-refractivity contribution in [3.8, 4) is 0 Å². The number of nitrogens with zero attached hydrogens (tertiary/aromatic N) is 1. The second-order valence-corrected chi connectivity index (χ2v) is 7.71. The van der Waals surface area contributed by atoms with Gasteiger partial charge in [-0.1, -0.05) is 0 Å². The maximum Gasteiger partial charge on any atom is 0.407 e. The second kappa shape index (κ2) is 5.64. The molecule has 112 valence electrons. The van der Waals surface area contributed by atoms with Crippen molar-refractivity contribution in [2.24, 2.45) is 0 Å². The van der Waals surface area contributed by atoms with E-state index in [2.05, 4.69) is 5.32 Å². The van der Waals surface area contributed by atoms with E-state index in [1.54, 1.807) is 20.8 Å². The van der Waals surface area contributed by atoms with Gasteiger partial charge in [-0.25, -0.2) is 13.2 Å². The minimum absolute atomic E-state index is 0.0146. The highest BCUT2D eigenvalue weighted by Gasteiger charge is 2.33. The number of aliphatic hydroxyl groups excluding tert-OH is 1. The van der Waals surface area contributed by atoms with Gasteiger partial charge in [0.2, 0.25) is 10.0 Å². The van der Waals surface area contributed by atoms with Gasteiger partial charge in [0.05, 0.1) is 18.4 Å². The summed E-state index contributed by atoms with van der Waals surface area (Å²) in [5, 5.41) is 12.4. The molecule has 0 radical (unpaired) electrons. The molecule has 7 nitrogen and oxygen atoms in total. The molecule has 2 N–H and O–H groups in total. The third-order valence-electron chi connectivity index (χ3n) is 2.72. The molecule has 0 unspecified atom stereocenters. The van der Waals surface area contributed by atoms with Crippen molar-refractivity contribution in [3.05, 3.63) is 0 Å². The molecular formula is C11H22N2O5S. The summed E-state index contributed by atoms with van der Waals surface area (Å²) in [7, 11) is -3.31. The van der Waals surface area contributed by atoms with E-state index in [1.807, 2.05) is 0 Å². The van der Waals surface area contributed by atoms with Crippen LogP contribution < -0.4 is 5.32 Å². The quantitative estimate of drug-likeness (QED) is 0.742. The van der Waals surface area contributed by atoms with Crippen LogP contribution in [0.25, 0.3) is 0 Å². The number of ether oxygens (including phenoxy) is 1. The Hall–Kier alpha value is -0.860. The van der Waals surface area contributed by atoms with E-state index in [9.17, 15) is 18.3 Å². The van der Waals surface area contributed by atoms with Crippen molar-refractivity contribution in [2.75, 3.05) is 19.3 Å².